The van der Waals surface area contributed by atoms with Crippen LogP contribution in [0.3, 0.4) is 0 Å². The van der Waals surface area contributed by atoms with Crippen molar-refractivity contribution >= 4 is 63.2 Å². The Morgan fingerprint density at radius 3 is 2.35 bits per heavy atom. The number of aryl methyl sites for hydroxylation is 1. The molecule has 2 saturated heterocycles. The molecule has 2 aromatic heterocycles. The number of piperidine rings is 1. The van der Waals surface area contributed by atoms with E-state index < -0.39 is 0 Å². The highest BCUT2D eigenvalue weighted by Crippen LogP contribution is 2.42. The quantitative estimate of drug-likeness (QED) is 0.228. The van der Waals surface area contributed by atoms with Crippen LogP contribution in [-0.2, 0) is 6.42 Å². The first-order chi connectivity index (χ1) is 23.2. The third-order valence-corrected chi connectivity index (χ3v) is 10.7. The van der Waals surface area contributed by atoms with E-state index in [1.807, 2.05) is 49.3 Å². The SMILES string of the molecule is CCc1cc(N(C)c2ncc(N)c(N(C)c3ccc4nccnc4c3N(C)SC)n2)c(OC)cc1N1CCC(N2CCN(C)CC2)CC1. The van der Waals surface area contributed by atoms with Crippen LogP contribution < -0.4 is 29.5 Å². The number of nitrogens with zero attached hydrogens (tertiary/aromatic N) is 10. The van der Waals surface area contributed by atoms with E-state index in [2.05, 4.69) is 60.1 Å². The molecule has 2 N–H and O–H groups in total. The Balaban J connectivity index is 1.28. The van der Waals surface area contributed by atoms with E-state index in [0.717, 1.165) is 66.4 Å². The van der Waals surface area contributed by atoms with E-state index >= 15 is 0 Å². The Morgan fingerprint density at radius 2 is 1.67 bits per heavy atom. The van der Waals surface area contributed by atoms with Crippen LogP contribution in [0.15, 0.2) is 42.9 Å². The van der Waals surface area contributed by atoms with Crippen molar-refractivity contribution in [2.75, 3.05) is 106 Å². The van der Waals surface area contributed by atoms with Gasteiger partial charge in [0.2, 0.25) is 5.95 Å². The van der Waals surface area contributed by atoms with Gasteiger partial charge in [0.1, 0.15) is 11.3 Å². The summed E-state index contributed by atoms with van der Waals surface area (Å²) in [6.45, 7) is 8.99. The van der Waals surface area contributed by atoms with Crippen LogP contribution in [0.2, 0.25) is 0 Å². The van der Waals surface area contributed by atoms with Gasteiger partial charge in [0.25, 0.3) is 0 Å². The summed E-state index contributed by atoms with van der Waals surface area (Å²) in [6.07, 6.45) is 10.4. The molecule has 0 spiro atoms. The van der Waals surface area contributed by atoms with Crippen LogP contribution in [0.1, 0.15) is 25.3 Å². The number of likely N-dealkylation sites (N-methyl/N-ethyl adjacent to an activating group) is 1. The van der Waals surface area contributed by atoms with Crippen molar-refractivity contribution in [1.82, 2.24) is 29.7 Å². The zero-order valence-electron chi connectivity index (χ0n) is 29.3. The largest absolute Gasteiger partial charge is 0.494 e. The summed E-state index contributed by atoms with van der Waals surface area (Å²) in [6, 6.07) is 9.11. The number of hydrogen-bond donors (Lipinski definition) is 1. The van der Waals surface area contributed by atoms with Gasteiger partial charge in [0, 0.05) is 96.9 Å². The predicted molar refractivity (Wildman–Crippen MR) is 201 cm³/mol. The van der Waals surface area contributed by atoms with Crippen LogP contribution in [0.5, 0.6) is 5.75 Å². The molecule has 4 heterocycles. The van der Waals surface area contributed by atoms with E-state index in [1.165, 1.54) is 37.2 Å². The van der Waals surface area contributed by atoms with Crippen LogP contribution in [-0.4, -0.2) is 117 Å². The van der Waals surface area contributed by atoms with Crippen LogP contribution in [0.25, 0.3) is 11.0 Å². The highest BCUT2D eigenvalue weighted by Gasteiger charge is 2.29. The van der Waals surface area contributed by atoms with Crippen LogP contribution in [0, 0.1) is 0 Å². The van der Waals surface area contributed by atoms with Gasteiger partial charge >= 0.3 is 0 Å². The second kappa shape index (κ2) is 14.6. The lowest BCUT2D eigenvalue weighted by molar-refractivity contribution is 0.0982. The van der Waals surface area contributed by atoms with Crippen molar-refractivity contribution in [3.63, 3.8) is 0 Å². The van der Waals surface area contributed by atoms with Crippen molar-refractivity contribution in [2.45, 2.75) is 32.2 Å². The number of piperazine rings is 1. The van der Waals surface area contributed by atoms with E-state index in [-0.39, 0.29) is 0 Å². The zero-order valence-corrected chi connectivity index (χ0v) is 30.2. The molecular formula is C35H49N11OS. The third kappa shape index (κ3) is 6.63. The highest BCUT2D eigenvalue weighted by molar-refractivity contribution is 7.99. The van der Waals surface area contributed by atoms with Gasteiger partial charge in [-0.2, -0.15) is 4.98 Å². The fourth-order valence-corrected chi connectivity index (χ4v) is 7.33. The number of rotatable bonds is 10. The van der Waals surface area contributed by atoms with Gasteiger partial charge in [0.15, 0.2) is 5.82 Å². The standard InChI is InChI=1S/C35H49N11OS/c1-8-24-21-30(31(47-6)22-29(24)46-15-11-25(12-16-46)45-19-17-41(2)18-20-45)43(4)35-39-23-26(36)34(40-35)42(3)28-10-9-27-32(38-14-13-37-27)33(28)44(5)48-7/h9-10,13-14,21-23,25H,8,11-12,15-20,36H2,1-7H3. The maximum Gasteiger partial charge on any atom is 0.231 e. The average molecular weight is 672 g/mol. The molecule has 0 bridgehead atoms. The molecule has 2 aromatic carbocycles. The molecular weight excluding hydrogens is 623 g/mol. The molecule has 2 fully saturated rings. The first kappa shape index (κ1) is 33.8. The average Bonchev–Trinajstić information content (AvgIpc) is 3.13. The van der Waals surface area contributed by atoms with Gasteiger partial charge < -0.3 is 34.4 Å². The molecule has 6 rings (SSSR count). The summed E-state index contributed by atoms with van der Waals surface area (Å²) in [5, 5.41) is 0. The number of aromatic nitrogens is 4. The second-order valence-corrected chi connectivity index (χ2v) is 13.6. The van der Waals surface area contributed by atoms with Crippen molar-refractivity contribution < 1.29 is 4.74 Å². The minimum Gasteiger partial charge on any atom is -0.494 e. The Hall–Kier alpha value is -4.07. The summed E-state index contributed by atoms with van der Waals surface area (Å²) >= 11 is 1.60. The summed E-state index contributed by atoms with van der Waals surface area (Å²) in [7, 11) is 9.92. The molecule has 48 heavy (non-hydrogen) atoms. The van der Waals surface area contributed by atoms with E-state index in [1.54, 1.807) is 37.6 Å². The number of methoxy groups -OCH3 is 1. The number of anilines is 7. The number of fused-ring (bicyclic) bond motifs is 1. The molecule has 12 nitrogen and oxygen atoms in total. The Kier molecular flexibility index (Phi) is 10.3. The number of nitrogen functional groups attached to an aromatic ring is 1. The van der Waals surface area contributed by atoms with Gasteiger partial charge in [-0.25, -0.2) is 4.98 Å². The number of benzene rings is 2. The molecule has 0 radical (unpaired) electrons. The topological polar surface area (TPSA) is 106 Å². The molecule has 0 saturated carbocycles. The molecule has 0 unspecified atom stereocenters. The first-order valence-electron chi connectivity index (χ1n) is 16.7. The minimum atomic E-state index is 0.475. The van der Waals surface area contributed by atoms with Crippen LogP contribution >= 0.6 is 11.9 Å². The summed E-state index contributed by atoms with van der Waals surface area (Å²) < 4.78 is 8.10. The van der Waals surface area contributed by atoms with E-state index in [9.17, 15) is 0 Å². The minimum absolute atomic E-state index is 0.475. The van der Waals surface area contributed by atoms with Crippen LogP contribution in [0.4, 0.5) is 40.2 Å². The lowest BCUT2D eigenvalue weighted by atomic mass is 9.99. The van der Waals surface area contributed by atoms with Gasteiger partial charge in [-0.3, -0.25) is 14.9 Å². The molecule has 2 aliphatic rings. The molecule has 0 atom stereocenters. The fourth-order valence-electron chi connectivity index (χ4n) is 6.97. The molecule has 0 amide bonds. The zero-order chi connectivity index (χ0) is 33.9. The first-order valence-corrected chi connectivity index (χ1v) is 17.9. The van der Waals surface area contributed by atoms with Crippen molar-refractivity contribution in [1.29, 1.82) is 0 Å². The van der Waals surface area contributed by atoms with E-state index in [0.29, 0.717) is 23.5 Å². The summed E-state index contributed by atoms with van der Waals surface area (Å²) in [5.41, 5.74) is 13.9. The monoisotopic (exact) mass is 671 g/mol. The number of hydrogen-bond acceptors (Lipinski definition) is 13. The number of ether oxygens (including phenoxy) is 1. The van der Waals surface area contributed by atoms with E-state index in [4.69, 9.17) is 15.5 Å². The lowest BCUT2D eigenvalue weighted by Gasteiger charge is -2.43. The van der Waals surface area contributed by atoms with Gasteiger partial charge in [-0.15, -0.1) is 0 Å². The molecule has 13 heteroatoms. The third-order valence-electron chi connectivity index (χ3n) is 9.93. The normalized spacial score (nSPS) is 16.4. The maximum absolute atomic E-state index is 6.54. The Morgan fingerprint density at radius 1 is 0.938 bits per heavy atom. The molecule has 256 valence electrons. The lowest BCUT2D eigenvalue weighted by Crippen LogP contribution is -2.52. The van der Waals surface area contributed by atoms with Crippen molar-refractivity contribution in [3.05, 3.63) is 48.4 Å². The van der Waals surface area contributed by atoms with Crippen molar-refractivity contribution in [2.24, 2.45) is 0 Å². The maximum atomic E-state index is 6.54. The Labute approximate surface area is 289 Å². The molecule has 2 aliphatic heterocycles. The van der Waals surface area contributed by atoms with Crippen molar-refractivity contribution in [3.8, 4) is 5.75 Å². The fraction of sp³-hybridized carbons (Fsp3) is 0.486. The second-order valence-electron chi connectivity index (χ2n) is 12.7. The highest BCUT2D eigenvalue weighted by atomic mass is 32.2. The van der Waals surface area contributed by atoms with Gasteiger partial charge in [0.05, 0.1) is 41.6 Å². The van der Waals surface area contributed by atoms with Gasteiger partial charge in [-0.05, 0) is 50.1 Å². The summed E-state index contributed by atoms with van der Waals surface area (Å²) in [4.78, 5) is 30.5. The predicted octanol–water partition coefficient (Wildman–Crippen LogP) is 5.04. The number of nitrogens with two attached hydrogens (primary N) is 1. The molecule has 4 aromatic rings. The smallest absolute Gasteiger partial charge is 0.231 e. The summed E-state index contributed by atoms with van der Waals surface area (Å²) in [5.74, 6) is 1.91. The molecule has 0 aliphatic carbocycles. The van der Waals surface area contributed by atoms with Gasteiger partial charge in [-0.1, -0.05) is 18.9 Å². The Bertz CT molecular complexity index is 1720.